The summed E-state index contributed by atoms with van der Waals surface area (Å²) in [5.41, 5.74) is 0.594. The number of carbonyl (C=O) groups excluding carboxylic acids is 1. The maximum atomic E-state index is 12.3. The smallest absolute Gasteiger partial charge is 0.272 e. The lowest BCUT2D eigenvalue weighted by Gasteiger charge is -2.34. The number of carbonyl (C=O) groups is 1. The lowest BCUT2D eigenvalue weighted by molar-refractivity contribution is 0.0636. The Morgan fingerprint density at radius 3 is 2.78 bits per heavy atom. The second-order valence-corrected chi connectivity index (χ2v) is 4.45. The van der Waals surface area contributed by atoms with E-state index >= 15 is 0 Å². The molecule has 0 aromatic carbocycles. The highest BCUT2D eigenvalue weighted by Gasteiger charge is 2.25. The van der Waals surface area contributed by atoms with Gasteiger partial charge in [-0.05, 0) is 38.4 Å². The number of amides is 1. The molecule has 1 aliphatic rings. The highest BCUT2D eigenvalue weighted by Crippen LogP contribution is 2.15. The molecule has 0 saturated carbocycles. The predicted octanol–water partition coefficient (Wildman–Crippen LogP) is 1.44. The summed E-state index contributed by atoms with van der Waals surface area (Å²) in [6.07, 6.45) is 4.70. The third-order valence-corrected chi connectivity index (χ3v) is 3.21. The van der Waals surface area contributed by atoms with Crippen LogP contribution in [-0.2, 0) is 0 Å². The van der Waals surface area contributed by atoms with Crippen molar-refractivity contribution in [3.8, 4) is 0 Å². The molecule has 1 aromatic heterocycles. The third kappa shape index (κ3) is 3.46. The fourth-order valence-corrected chi connectivity index (χ4v) is 2.34. The van der Waals surface area contributed by atoms with E-state index in [2.05, 4.69) is 22.4 Å². The van der Waals surface area contributed by atoms with Gasteiger partial charge >= 0.3 is 0 Å². The quantitative estimate of drug-likeness (QED) is 0.872. The fourth-order valence-electron chi connectivity index (χ4n) is 2.34. The first-order valence-corrected chi connectivity index (χ1v) is 6.34. The maximum Gasteiger partial charge on any atom is 0.272 e. The van der Waals surface area contributed by atoms with Gasteiger partial charge < -0.3 is 10.2 Å². The van der Waals surface area contributed by atoms with E-state index in [9.17, 15) is 4.79 Å². The highest BCUT2D eigenvalue weighted by atomic mass is 35.5. The molecule has 2 N–H and O–H groups in total. The van der Waals surface area contributed by atoms with Crippen LogP contribution in [0.15, 0.2) is 12.3 Å². The summed E-state index contributed by atoms with van der Waals surface area (Å²) in [7, 11) is 0. The molecule has 2 rings (SSSR count). The molecule has 2 heterocycles. The van der Waals surface area contributed by atoms with Gasteiger partial charge in [0.25, 0.3) is 5.91 Å². The Morgan fingerprint density at radius 1 is 1.50 bits per heavy atom. The van der Waals surface area contributed by atoms with Crippen LogP contribution in [0.5, 0.6) is 0 Å². The van der Waals surface area contributed by atoms with Gasteiger partial charge in [-0.2, -0.15) is 5.10 Å². The minimum atomic E-state index is 0. The van der Waals surface area contributed by atoms with E-state index < -0.39 is 0 Å². The molecule has 5 nitrogen and oxygen atoms in total. The SMILES string of the molecule is CCCN(C(=O)c1ccn[nH]1)C1CCNCC1.Cl. The zero-order valence-electron chi connectivity index (χ0n) is 10.7. The number of piperidine rings is 1. The summed E-state index contributed by atoms with van der Waals surface area (Å²) in [4.78, 5) is 14.3. The van der Waals surface area contributed by atoms with Gasteiger partial charge in [0.05, 0.1) is 0 Å². The number of rotatable bonds is 4. The van der Waals surface area contributed by atoms with Crippen LogP contribution in [0.2, 0.25) is 0 Å². The molecule has 0 radical (unpaired) electrons. The van der Waals surface area contributed by atoms with E-state index in [0.717, 1.165) is 38.9 Å². The van der Waals surface area contributed by atoms with E-state index in [0.29, 0.717) is 11.7 Å². The second kappa shape index (κ2) is 7.38. The van der Waals surface area contributed by atoms with Gasteiger partial charge in [-0.3, -0.25) is 9.89 Å². The van der Waals surface area contributed by atoms with Crippen molar-refractivity contribution in [1.82, 2.24) is 20.4 Å². The van der Waals surface area contributed by atoms with Gasteiger partial charge in [-0.25, -0.2) is 0 Å². The summed E-state index contributed by atoms with van der Waals surface area (Å²) < 4.78 is 0. The Balaban J connectivity index is 0.00000162. The van der Waals surface area contributed by atoms with Gasteiger partial charge in [-0.1, -0.05) is 6.92 Å². The van der Waals surface area contributed by atoms with Gasteiger partial charge in [0.1, 0.15) is 5.69 Å². The van der Waals surface area contributed by atoms with Crippen LogP contribution >= 0.6 is 12.4 Å². The Hall–Kier alpha value is -1.07. The summed E-state index contributed by atoms with van der Waals surface area (Å²) in [6.45, 7) is 4.93. The number of hydrogen-bond acceptors (Lipinski definition) is 3. The van der Waals surface area contributed by atoms with Crippen LogP contribution in [0.3, 0.4) is 0 Å². The minimum Gasteiger partial charge on any atom is -0.334 e. The van der Waals surface area contributed by atoms with Gasteiger partial charge in [0.15, 0.2) is 0 Å². The average molecular weight is 273 g/mol. The monoisotopic (exact) mass is 272 g/mol. The van der Waals surface area contributed by atoms with Crippen molar-refractivity contribution in [2.75, 3.05) is 19.6 Å². The molecule has 0 atom stereocenters. The molecule has 0 bridgehead atoms. The Labute approximate surface area is 114 Å². The zero-order chi connectivity index (χ0) is 12.1. The first-order valence-electron chi connectivity index (χ1n) is 6.34. The number of aromatic nitrogens is 2. The predicted molar refractivity (Wildman–Crippen MR) is 73.1 cm³/mol. The maximum absolute atomic E-state index is 12.3. The summed E-state index contributed by atoms with van der Waals surface area (Å²) in [6, 6.07) is 2.11. The largest absolute Gasteiger partial charge is 0.334 e. The van der Waals surface area contributed by atoms with E-state index in [1.165, 1.54) is 0 Å². The first-order chi connectivity index (χ1) is 8.33. The van der Waals surface area contributed by atoms with Crippen molar-refractivity contribution in [1.29, 1.82) is 0 Å². The van der Waals surface area contributed by atoms with Crippen molar-refractivity contribution >= 4 is 18.3 Å². The summed E-state index contributed by atoms with van der Waals surface area (Å²) in [5, 5.41) is 9.93. The molecule has 0 unspecified atom stereocenters. The number of halogens is 1. The number of nitrogens with one attached hydrogen (secondary N) is 2. The Morgan fingerprint density at radius 2 is 2.22 bits per heavy atom. The number of H-pyrrole nitrogens is 1. The topological polar surface area (TPSA) is 61.0 Å². The third-order valence-electron chi connectivity index (χ3n) is 3.21. The normalized spacial score (nSPS) is 16.1. The second-order valence-electron chi connectivity index (χ2n) is 4.45. The number of nitrogens with zero attached hydrogens (tertiary/aromatic N) is 2. The average Bonchev–Trinajstić information content (AvgIpc) is 2.90. The molecule has 0 spiro atoms. The molecule has 102 valence electrons. The Kier molecular flexibility index (Phi) is 6.15. The van der Waals surface area contributed by atoms with Crippen molar-refractivity contribution in [3.05, 3.63) is 18.0 Å². The lowest BCUT2D eigenvalue weighted by atomic mass is 10.0. The van der Waals surface area contributed by atoms with E-state index in [-0.39, 0.29) is 18.3 Å². The van der Waals surface area contributed by atoms with Crippen molar-refractivity contribution in [2.45, 2.75) is 32.2 Å². The van der Waals surface area contributed by atoms with E-state index in [1.54, 1.807) is 12.3 Å². The zero-order valence-corrected chi connectivity index (χ0v) is 11.5. The molecule has 1 aliphatic heterocycles. The van der Waals surface area contributed by atoms with Crippen LogP contribution in [0.1, 0.15) is 36.7 Å². The molecule has 1 fully saturated rings. The first kappa shape index (κ1) is 15.0. The highest BCUT2D eigenvalue weighted by molar-refractivity contribution is 5.92. The fraction of sp³-hybridized carbons (Fsp3) is 0.667. The van der Waals surface area contributed by atoms with Gasteiger partial charge in [0, 0.05) is 18.8 Å². The molecule has 1 amide bonds. The van der Waals surface area contributed by atoms with Crippen LogP contribution in [0.25, 0.3) is 0 Å². The van der Waals surface area contributed by atoms with Crippen LogP contribution in [0.4, 0.5) is 0 Å². The van der Waals surface area contributed by atoms with Crippen molar-refractivity contribution in [2.24, 2.45) is 0 Å². The molecular weight excluding hydrogens is 252 g/mol. The van der Waals surface area contributed by atoms with Crippen LogP contribution in [-0.4, -0.2) is 46.7 Å². The standard InChI is InChI=1S/C12H20N4O.ClH/c1-2-9-16(10-3-6-13-7-4-10)12(17)11-5-8-14-15-11;/h5,8,10,13H,2-4,6-7,9H2,1H3,(H,14,15);1H. The number of hydrogen-bond donors (Lipinski definition) is 2. The van der Waals surface area contributed by atoms with Crippen molar-refractivity contribution in [3.63, 3.8) is 0 Å². The molecule has 0 aliphatic carbocycles. The minimum absolute atomic E-state index is 0. The van der Waals surface area contributed by atoms with Gasteiger partial charge in [0.2, 0.25) is 0 Å². The van der Waals surface area contributed by atoms with Crippen LogP contribution in [0, 0.1) is 0 Å². The molecule has 1 saturated heterocycles. The molecule has 18 heavy (non-hydrogen) atoms. The summed E-state index contributed by atoms with van der Waals surface area (Å²) >= 11 is 0. The molecule has 6 heteroatoms. The van der Waals surface area contributed by atoms with E-state index in [4.69, 9.17) is 0 Å². The van der Waals surface area contributed by atoms with Gasteiger partial charge in [-0.15, -0.1) is 12.4 Å². The lowest BCUT2D eigenvalue weighted by Crippen LogP contribution is -2.46. The molecule has 1 aromatic rings. The summed E-state index contributed by atoms with van der Waals surface area (Å²) in [5.74, 6) is 0.0799. The Bertz CT molecular complexity index is 349. The van der Waals surface area contributed by atoms with Crippen LogP contribution < -0.4 is 5.32 Å². The van der Waals surface area contributed by atoms with Crippen molar-refractivity contribution < 1.29 is 4.79 Å². The molecular formula is C12H21ClN4O. The van der Waals surface area contributed by atoms with E-state index in [1.807, 2.05) is 4.90 Å². The number of aromatic amines is 1.